The molecule has 0 bridgehead atoms. The summed E-state index contributed by atoms with van der Waals surface area (Å²) in [6.45, 7) is 6.21. The molecule has 30 heavy (non-hydrogen) atoms. The summed E-state index contributed by atoms with van der Waals surface area (Å²) in [4.78, 5) is 40.9. The number of rotatable bonds is 5. The van der Waals surface area contributed by atoms with Gasteiger partial charge in [-0.05, 0) is 24.3 Å². The van der Waals surface area contributed by atoms with Crippen LogP contribution in [0.15, 0.2) is 54.6 Å². The Balaban J connectivity index is 1.37. The van der Waals surface area contributed by atoms with Crippen LogP contribution in [0.25, 0.3) is 0 Å². The van der Waals surface area contributed by atoms with Crippen molar-refractivity contribution in [1.82, 2.24) is 0 Å². The fraction of sp³-hybridized carbons (Fsp3) is 0.348. The van der Waals surface area contributed by atoms with Gasteiger partial charge in [-0.2, -0.15) is 0 Å². The zero-order valence-corrected chi connectivity index (χ0v) is 17.2. The van der Waals surface area contributed by atoms with E-state index < -0.39 is 0 Å². The molecule has 2 fully saturated rings. The third kappa shape index (κ3) is 4.42. The summed E-state index contributed by atoms with van der Waals surface area (Å²) >= 11 is 0. The van der Waals surface area contributed by atoms with Gasteiger partial charge in [0.05, 0.1) is 12.1 Å². The van der Waals surface area contributed by atoms with Crippen molar-refractivity contribution in [2.75, 3.05) is 36.4 Å². The standard InChI is InChI=1S/C23H26N4O3/c1-17(28)24-19-7-9-20(10-8-19)27-22(29)15-21(23(27)30)26-13-11-25(12-14-26)16-18-5-3-2-4-6-18/h2-10,21H,11-16H2,1H3,(H,24,28)/p+2/t21-/m1/s1. The topological polar surface area (TPSA) is 75.4 Å². The molecule has 2 heterocycles. The number of carbonyl (C=O) groups is 3. The highest BCUT2D eigenvalue weighted by molar-refractivity contribution is 6.21. The van der Waals surface area contributed by atoms with Crippen molar-refractivity contribution >= 4 is 29.1 Å². The summed E-state index contributed by atoms with van der Waals surface area (Å²) < 4.78 is 0. The third-order valence-electron chi connectivity index (χ3n) is 5.98. The molecule has 1 atom stereocenters. The van der Waals surface area contributed by atoms with E-state index in [1.54, 1.807) is 24.3 Å². The Morgan fingerprint density at radius 2 is 1.67 bits per heavy atom. The number of nitrogens with one attached hydrogen (secondary N) is 3. The molecule has 2 aromatic carbocycles. The van der Waals surface area contributed by atoms with Gasteiger partial charge in [-0.1, -0.05) is 30.3 Å². The predicted octanol–water partition coefficient (Wildman–Crippen LogP) is -0.739. The van der Waals surface area contributed by atoms with Crippen molar-refractivity contribution in [1.29, 1.82) is 0 Å². The molecule has 0 aliphatic carbocycles. The monoisotopic (exact) mass is 408 g/mol. The normalized spacial score (nSPS) is 24.2. The fourth-order valence-corrected chi connectivity index (χ4v) is 4.45. The highest BCUT2D eigenvalue weighted by atomic mass is 16.2. The Hall–Kier alpha value is -3.03. The van der Waals surface area contributed by atoms with Gasteiger partial charge in [0.1, 0.15) is 32.7 Å². The molecule has 2 aromatic rings. The van der Waals surface area contributed by atoms with Crippen molar-refractivity contribution in [2.24, 2.45) is 0 Å². The van der Waals surface area contributed by atoms with Crippen molar-refractivity contribution in [3.05, 3.63) is 60.2 Å². The van der Waals surface area contributed by atoms with Crippen LogP contribution in [0.1, 0.15) is 18.9 Å². The van der Waals surface area contributed by atoms with E-state index in [1.807, 2.05) is 6.07 Å². The number of anilines is 2. The van der Waals surface area contributed by atoms with Crippen molar-refractivity contribution in [3.63, 3.8) is 0 Å². The van der Waals surface area contributed by atoms with Crippen LogP contribution in [-0.2, 0) is 20.9 Å². The van der Waals surface area contributed by atoms with Crippen LogP contribution in [0.4, 0.5) is 11.4 Å². The van der Waals surface area contributed by atoms with Gasteiger partial charge in [0, 0.05) is 18.2 Å². The van der Waals surface area contributed by atoms with Gasteiger partial charge in [0.25, 0.3) is 5.91 Å². The van der Waals surface area contributed by atoms with Crippen molar-refractivity contribution < 1.29 is 24.2 Å². The number of carbonyl (C=O) groups excluding carboxylic acids is 3. The van der Waals surface area contributed by atoms with Gasteiger partial charge in [-0.15, -0.1) is 0 Å². The Bertz CT molecular complexity index is 921. The molecule has 7 nitrogen and oxygen atoms in total. The molecule has 4 rings (SSSR count). The SMILES string of the molecule is CC(=O)Nc1ccc(N2C(=O)C[C@@H]([NH+]3CC[NH+](Cc4ccccc4)CC3)C2=O)cc1. The number of piperazine rings is 1. The lowest BCUT2D eigenvalue weighted by Gasteiger charge is -2.32. The van der Waals surface area contributed by atoms with Crippen LogP contribution >= 0.6 is 0 Å². The van der Waals surface area contributed by atoms with Crippen LogP contribution in [0.5, 0.6) is 0 Å². The average Bonchev–Trinajstić information content (AvgIpc) is 3.04. The molecule has 156 valence electrons. The first-order valence-corrected chi connectivity index (χ1v) is 10.5. The highest BCUT2D eigenvalue weighted by Crippen LogP contribution is 2.23. The van der Waals surface area contributed by atoms with Crippen molar-refractivity contribution in [3.8, 4) is 0 Å². The fourth-order valence-electron chi connectivity index (χ4n) is 4.45. The summed E-state index contributed by atoms with van der Waals surface area (Å²) in [6.07, 6.45) is 0.260. The van der Waals surface area contributed by atoms with Crippen LogP contribution in [0, 0.1) is 0 Å². The Labute approximate surface area is 176 Å². The van der Waals surface area contributed by atoms with E-state index in [0.29, 0.717) is 11.4 Å². The van der Waals surface area contributed by atoms with Crippen LogP contribution in [0.3, 0.4) is 0 Å². The van der Waals surface area contributed by atoms with E-state index in [1.165, 1.54) is 27.2 Å². The minimum absolute atomic E-state index is 0.117. The number of hydrogen-bond acceptors (Lipinski definition) is 3. The lowest BCUT2D eigenvalue weighted by Crippen LogP contribution is -3.29. The second-order valence-electron chi connectivity index (χ2n) is 8.12. The Morgan fingerprint density at radius 3 is 2.30 bits per heavy atom. The first kappa shape index (κ1) is 20.3. The maximum Gasteiger partial charge on any atom is 0.292 e. The van der Waals surface area contributed by atoms with Gasteiger partial charge in [-0.25, -0.2) is 4.90 Å². The molecule has 3 amide bonds. The number of benzene rings is 2. The van der Waals surface area contributed by atoms with Crippen LogP contribution in [0.2, 0.25) is 0 Å². The molecule has 2 aliphatic heterocycles. The summed E-state index contributed by atoms with van der Waals surface area (Å²) in [5.74, 6) is -0.425. The van der Waals surface area contributed by atoms with E-state index in [4.69, 9.17) is 0 Å². The van der Waals surface area contributed by atoms with Gasteiger partial charge in [0.2, 0.25) is 11.8 Å². The second kappa shape index (κ2) is 8.77. The number of hydrogen-bond donors (Lipinski definition) is 3. The molecule has 2 saturated heterocycles. The molecule has 3 N–H and O–H groups in total. The minimum Gasteiger partial charge on any atom is -0.326 e. The Kier molecular flexibility index (Phi) is 5.92. The molecule has 0 aromatic heterocycles. The molecule has 0 unspecified atom stereocenters. The second-order valence-corrected chi connectivity index (χ2v) is 8.12. The van der Waals surface area contributed by atoms with E-state index in [0.717, 1.165) is 32.7 Å². The highest BCUT2D eigenvalue weighted by Gasteiger charge is 2.46. The minimum atomic E-state index is -0.300. The number of nitrogens with zero attached hydrogens (tertiary/aromatic N) is 1. The van der Waals surface area contributed by atoms with E-state index in [2.05, 4.69) is 29.6 Å². The molecule has 0 saturated carbocycles. The predicted molar refractivity (Wildman–Crippen MR) is 113 cm³/mol. The van der Waals surface area contributed by atoms with E-state index in [9.17, 15) is 14.4 Å². The molecule has 7 heteroatoms. The maximum atomic E-state index is 13.1. The number of amides is 3. The summed E-state index contributed by atoms with van der Waals surface area (Å²) in [7, 11) is 0. The maximum absolute atomic E-state index is 13.1. The zero-order chi connectivity index (χ0) is 21.1. The van der Waals surface area contributed by atoms with Crippen LogP contribution in [-0.4, -0.2) is 49.9 Å². The Morgan fingerprint density at radius 1 is 1.00 bits per heavy atom. The third-order valence-corrected chi connectivity index (χ3v) is 5.98. The first-order valence-electron chi connectivity index (χ1n) is 10.5. The number of quaternary nitrogens is 2. The summed E-state index contributed by atoms with van der Waals surface area (Å²) in [5, 5.41) is 2.69. The average molecular weight is 409 g/mol. The molecule has 2 aliphatic rings. The van der Waals surface area contributed by atoms with Gasteiger partial charge in [0.15, 0.2) is 6.04 Å². The molecular weight excluding hydrogens is 380 g/mol. The van der Waals surface area contributed by atoms with E-state index >= 15 is 0 Å². The summed E-state index contributed by atoms with van der Waals surface area (Å²) in [5.41, 5.74) is 2.54. The first-order chi connectivity index (χ1) is 14.5. The lowest BCUT2D eigenvalue weighted by atomic mass is 10.1. The molecule has 0 spiro atoms. The van der Waals surface area contributed by atoms with Gasteiger partial charge < -0.3 is 15.1 Å². The smallest absolute Gasteiger partial charge is 0.292 e. The number of imide groups is 1. The van der Waals surface area contributed by atoms with Gasteiger partial charge in [-0.3, -0.25) is 14.4 Å². The van der Waals surface area contributed by atoms with Crippen molar-refractivity contribution in [2.45, 2.75) is 25.9 Å². The molecule has 0 radical (unpaired) electrons. The largest absolute Gasteiger partial charge is 0.326 e. The molecular formula is C23H28N4O3+2. The van der Waals surface area contributed by atoms with Gasteiger partial charge >= 0.3 is 0 Å². The van der Waals surface area contributed by atoms with E-state index in [-0.39, 0.29) is 30.2 Å². The lowest BCUT2D eigenvalue weighted by molar-refractivity contribution is -1.02. The van der Waals surface area contributed by atoms with Crippen LogP contribution < -0.4 is 20.0 Å². The zero-order valence-electron chi connectivity index (χ0n) is 17.2. The summed E-state index contributed by atoms with van der Waals surface area (Å²) in [6, 6.07) is 17.0. The quantitative estimate of drug-likeness (QED) is 0.571.